The zero-order chi connectivity index (χ0) is 41.4. The van der Waals surface area contributed by atoms with Crippen molar-refractivity contribution in [2.75, 3.05) is 41.0 Å². The molecule has 0 aromatic rings. The number of unbranched alkanes of at least 4 members (excludes halogenated alkanes) is 10. The van der Waals surface area contributed by atoms with E-state index in [-0.39, 0.29) is 49.1 Å². The molecule has 2 unspecified atom stereocenters. The second-order valence-corrected chi connectivity index (χ2v) is 15.2. The van der Waals surface area contributed by atoms with Gasteiger partial charge in [0.15, 0.2) is 6.10 Å². The Kier molecular flexibility index (Phi) is 36.0. The van der Waals surface area contributed by atoms with Gasteiger partial charge in [0.1, 0.15) is 12.6 Å². The van der Waals surface area contributed by atoms with E-state index in [1.807, 2.05) is 0 Å². The summed E-state index contributed by atoms with van der Waals surface area (Å²) in [6, 6.07) is -0.742. The zero-order valence-electron chi connectivity index (χ0n) is 36.0. The molecule has 0 saturated carbocycles. The number of ether oxygens (including phenoxy) is 3. The van der Waals surface area contributed by atoms with Gasteiger partial charge >= 0.3 is 11.9 Å². The van der Waals surface area contributed by atoms with Gasteiger partial charge in [-0.05, 0) is 77.0 Å². The predicted molar refractivity (Wildman–Crippen MR) is 231 cm³/mol. The molecular formula is C48H79NO7. The minimum absolute atomic E-state index is 0.00906. The highest BCUT2D eigenvalue weighted by Gasteiger charge is 2.25. The Bertz CT molecular complexity index is 1190. The van der Waals surface area contributed by atoms with Crippen LogP contribution in [0.3, 0.4) is 0 Å². The highest BCUT2D eigenvalue weighted by molar-refractivity contribution is 5.70. The lowest BCUT2D eigenvalue weighted by atomic mass is 10.1. The molecule has 0 saturated heterocycles. The SMILES string of the molecule is CC/C=C/C/C=C/C/C=C/C/C=C/C/C=C/CCCC(=O)OC(COCCC(C(=O)[O-])[N+](C)(C)C)COC(=O)CCCCCCCC/C=C/C=C/CCCCC. The van der Waals surface area contributed by atoms with Crippen LogP contribution in [0.1, 0.15) is 149 Å². The predicted octanol–water partition coefficient (Wildman–Crippen LogP) is 10.4. The summed E-state index contributed by atoms with van der Waals surface area (Å²) in [5.74, 6) is -1.84. The van der Waals surface area contributed by atoms with Crippen molar-refractivity contribution >= 4 is 17.9 Å². The molecule has 0 aromatic heterocycles. The van der Waals surface area contributed by atoms with Gasteiger partial charge in [-0.15, -0.1) is 0 Å². The summed E-state index contributed by atoms with van der Waals surface area (Å²) in [6.45, 7) is 4.42. The van der Waals surface area contributed by atoms with Gasteiger partial charge in [0.05, 0.1) is 40.3 Å². The lowest BCUT2D eigenvalue weighted by molar-refractivity contribution is -0.889. The number of allylic oxidation sites excluding steroid dienone is 14. The first-order valence-corrected chi connectivity index (χ1v) is 21.6. The number of quaternary nitrogens is 1. The van der Waals surface area contributed by atoms with Gasteiger partial charge in [0, 0.05) is 19.3 Å². The number of carboxylic acids is 1. The zero-order valence-corrected chi connectivity index (χ0v) is 36.0. The largest absolute Gasteiger partial charge is 0.544 e. The molecule has 0 amide bonds. The summed E-state index contributed by atoms with van der Waals surface area (Å²) in [6.07, 6.45) is 49.0. The summed E-state index contributed by atoms with van der Waals surface area (Å²) in [5, 5.41) is 11.6. The van der Waals surface area contributed by atoms with Crippen molar-refractivity contribution in [1.29, 1.82) is 0 Å². The summed E-state index contributed by atoms with van der Waals surface area (Å²) in [5.41, 5.74) is 0. The minimum Gasteiger partial charge on any atom is -0.544 e. The fourth-order valence-electron chi connectivity index (χ4n) is 5.68. The van der Waals surface area contributed by atoms with Gasteiger partial charge in [-0.3, -0.25) is 9.59 Å². The summed E-state index contributed by atoms with van der Waals surface area (Å²) in [4.78, 5) is 36.8. The number of likely N-dealkylation sites (N-methyl/N-ethyl adjacent to an activating group) is 1. The van der Waals surface area contributed by atoms with Crippen molar-refractivity contribution in [3.8, 4) is 0 Å². The number of nitrogens with zero attached hydrogens (tertiary/aromatic N) is 1. The van der Waals surface area contributed by atoms with Crippen molar-refractivity contribution in [1.82, 2.24) is 0 Å². The lowest BCUT2D eigenvalue weighted by Gasteiger charge is -2.34. The van der Waals surface area contributed by atoms with E-state index < -0.39 is 18.1 Å². The van der Waals surface area contributed by atoms with Crippen LogP contribution in [-0.2, 0) is 28.6 Å². The Morgan fingerprint density at radius 1 is 0.571 bits per heavy atom. The van der Waals surface area contributed by atoms with Gasteiger partial charge in [0.25, 0.3) is 0 Å². The third-order valence-corrected chi connectivity index (χ3v) is 9.04. The van der Waals surface area contributed by atoms with Crippen LogP contribution < -0.4 is 5.11 Å². The average molecular weight is 782 g/mol. The van der Waals surface area contributed by atoms with E-state index in [0.29, 0.717) is 12.8 Å². The van der Waals surface area contributed by atoms with Crippen molar-refractivity contribution in [3.05, 3.63) is 85.1 Å². The van der Waals surface area contributed by atoms with Crippen LogP contribution in [-0.4, -0.2) is 75.5 Å². The molecule has 318 valence electrons. The third kappa shape index (κ3) is 36.2. The molecule has 0 fully saturated rings. The highest BCUT2D eigenvalue weighted by Crippen LogP contribution is 2.12. The standard InChI is InChI=1S/C48H79NO7/c1-6-8-10-12-14-16-18-20-22-23-25-27-29-31-33-35-37-39-47(51)56-44(42-54-41-40-45(48(52)53)49(3,4)5)43-55-46(50)38-36-34-32-30-28-26-24-21-19-17-15-13-11-9-7-2/h8,10,14-17,19-22,25,27,31,33,44-45H,6-7,9,11-13,18,23-24,26,28-30,32,34-43H2,1-5H3/b10-8+,16-14+,17-15+,21-19+,22-20+,27-25+,33-31+. The molecule has 0 N–H and O–H groups in total. The number of rotatable bonds is 37. The second kappa shape index (κ2) is 38.4. The molecule has 0 aliphatic rings. The van der Waals surface area contributed by atoms with E-state index >= 15 is 0 Å². The summed E-state index contributed by atoms with van der Waals surface area (Å²) >= 11 is 0. The van der Waals surface area contributed by atoms with Crippen LogP contribution in [0.2, 0.25) is 0 Å². The molecule has 2 atom stereocenters. The molecule has 8 heteroatoms. The van der Waals surface area contributed by atoms with Gasteiger partial charge in [-0.25, -0.2) is 0 Å². The van der Waals surface area contributed by atoms with Crippen LogP contribution in [0.25, 0.3) is 0 Å². The quantitative estimate of drug-likeness (QED) is 0.0203. The molecule has 0 radical (unpaired) electrons. The van der Waals surface area contributed by atoms with Gasteiger partial charge in [-0.2, -0.15) is 0 Å². The number of hydrogen-bond donors (Lipinski definition) is 0. The van der Waals surface area contributed by atoms with Crippen molar-refractivity contribution in [3.63, 3.8) is 0 Å². The van der Waals surface area contributed by atoms with Gasteiger partial charge in [-0.1, -0.05) is 137 Å². The van der Waals surface area contributed by atoms with Gasteiger partial charge < -0.3 is 28.6 Å². The van der Waals surface area contributed by atoms with E-state index in [4.69, 9.17) is 14.2 Å². The van der Waals surface area contributed by atoms with Crippen molar-refractivity contribution in [2.24, 2.45) is 0 Å². The molecule has 0 rings (SSSR count). The Hall–Kier alpha value is -3.49. The monoisotopic (exact) mass is 782 g/mol. The van der Waals surface area contributed by atoms with E-state index in [1.165, 1.54) is 32.1 Å². The molecule has 0 aliphatic heterocycles. The van der Waals surface area contributed by atoms with Crippen molar-refractivity contribution in [2.45, 2.75) is 161 Å². The van der Waals surface area contributed by atoms with Crippen LogP contribution in [0.5, 0.6) is 0 Å². The number of carboxylic acid groups (broad SMARTS) is 1. The minimum atomic E-state index is -1.14. The maximum Gasteiger partial charge on any atom is 0.306 e. The van der Waals surface area contributed by atoms with E-state index in [2.05, 4.69) is 98.9 Å². The van der Waals surface area contributed by atoms with E-state index in [9.17, 15) is 19.5 Å². The number of hydrogen-bond acceptors (Lipinski definition) is 7. The topological polar surface area (TPSA) is 102 Å². The highest BCUT2D eigenvalue weighted by atomic mass is 16.6. The van der Waals surface area contributed by atoms with Crippen LogP contribution in [0, 0.1) is 0 Å². The third-order valence-electron chi connectivity index (χ3n) is 9.04. The van der Waals surface area contributed by atoms with Crippen molar-refractivity contribution < 1.29 is 38.2 Å². The first-order chi connectivity index (χ1) is 27.1. The Balaban J connectivity index is 4.50. The smallest absolute Gasteiger partial charge is 0.306 e. The fourth-order valence-corrected chi connectivity index (χ4v) is 5.68. The molecular weight excluding hydrogens is 703 g/mol. The summed E-state index contributed by atoms with van der Waals surface area (Å²) in [7, 11) is 5.37. The molecule has 8 nitrogen and oxygen atoms in total. The molecule has 0 bridgehead atoms. The number of aliphatic carboxylic acids is 1. The molecule has 0 aliphatic carbocycles. The van der Waals surface area contributed by atoms with E-state index in [0.717, 1.165) is 77.0 Å². The number of esters is 2. The molecule has 0 spiro atoms. The first kappa shape index (κ1) is 52.5. The Labute approximate surface area is 342 Å². The molecule has 0 heterocycles. The Morgan fingerprint density at radius 3 is 1.62 bits per heavy atom. The van der Waals surface area contributed by atoms with Gasteiger partial charge in [0.2, 0.25) is 0 Å². The summed E-state index contributed by atoms with van der Waals surface area (Å²) < 4.78 is 17.1. The second-order valence-electron chi connectivity index (χ2n) is 15.2. The number of carbonyl (C=O) groups is 3. The normalized spacial score (nSPS) is 13.8. The molecule has 56 heavy (non-hydrogen) atoms. The van der Waals surface area contributed by atoms with Crippen LogP contribution >= 0.6 is 0 Å². The Morgan fingerprint density at radius 2 is 1.07 bits per heavy atom. The average Bonchev–Trinajstić information content (AvgIpc) is 3.15. The maximum atomic E-state index is 12.7. The first-order valence-electron chi connectivity index (χ1n) is 21.6. The maximum absolute atomic E-state index is 12.7. The molecule has 0 aromatic carbocycles. The lowest BCUT2D eigenvalue weighted by Crippen LogP contribution is -2.55. The van der Waals surface area contributed by atoms with E-state index in [1.54, 1.807) is 21.1 Å². The van der Waals surface area contributed by atoms with Crippen LogP contribution in [0.4, 0.5) is 0 Å². The fraction of sp³-hybridized carbons (Fsp3) is 0.646. The van der Waals surface area contributed by atoms with Crippen LogP contribution in [0.15, 0.2) is 85.1 Å². The number of carbonyl (C=O) groups excluding carboxylic acids is 3.